The number of nitrogens with zero attached hydrogens (tertiary/aromatic N) is 4. The van der Waals surface area contributed by atoms with Crippen LogP contribution in [0, 0.1) is 0 Å². The Kier molecular flexibility index (Phi) is 5.17. The highest BCUT2D eigenvalue weighted by Crippen LogP contribution is 2.34. The smallest absolute Gasteiger partial charge is 0.244 e. The lowest BCUT2D eigenvalue weighted by atomic mass is 10.2. The third-order valence-electron chi connectivity index (χ3n) is 3.85. The standard InChI is InChI=1S/C17H20N6O2/c1-12(19-16(24)10-7-13-5-3-2-4-6-13)17(25)18-11-15-20-21-22-23(15)14-8-9-14/h2-7,10,12,14H,8-9,11H2,1H3,(H,18,25)(H,19,24). The van der Waals surface area contributed by atoms with Gasteiger partial charge in [-0.1, -0.05) is 30.3 Å². The van der Waals surface area contributed by atoms with E-state index in [1.54, 1.807) is 17.7 Å². The number of hydrogen-bond acceptors (Lipinski definition) is 5. The zero-order valence-corrected chi connectivity index (χ0v) is 13.9. The maximum atomic E-state index is 12.1. The largest absolute Gasteiger partial charge is 0.347 e. The summed E-state index contributed by atoms with van der Waals surface area (Å²) >= 11 is 0. The number of tetrazole rings is 1. The number of hydrogen-bond donors (Lipinski definition) is 2. The van der Waals surface area contributed by atoms with Gasteiger partial charge in [0.2, 0.25) is 11.8 Å². The van der Waals surface area contributed by atoms with Crippen molar-refractivity contribution < 1.29 is 9.59 Å². The summed E-state index contributed by atoms with van der Waals surface area (Å²) < 4.78 is 1.74. The molecule has 1 aliphatic carbocycles. The van der Waals surface area contributed by atoms with Gasteiger partial charge in [0.15, 0.2) is 5.82 Å². The normalized spacial score (nSPS) is 15.1. The molecular formula is C17H20N6O2. The summed E-state index contributed by atoms with van der Waals surface area (Å²) in [5.74, 6) is 0.0134. The van der Waals surface area contributed by atoms with Crippen LogP contribution in [0.5, 0.6) is 0 Å². The number of rotatable bonds is 7. The van der Waals surface area contributed by atoms with Crippen molar-refractivity contribution in [2.45, 2.75) is 38.4 Å². The van der Waals surface area contributed by atoms with Gasteiger partial charge in [0.25, 0.3) is 0 Å². The Morgan fingerprint density at radius 2 is 2.08 bits per heavy atom. The number of carbonyl (C=O) groups excluding carboxylic acids is 2. The monoisotopic (exact) mass is 340 g/mol. The van der Waals surface area contributed by atoms with E-state index in [4.69, 9.17) is 0 Å². The highest BCUT2D eigenvalue weighted by atomic mass is 16.2. The second-order valence-electron chi connectivity index (χ2n) is 5.96. The van der Waals surface area contributed by atoms with Crippen LogP contribution in [0.25, 0.3) is 6.08 Å². The fourth-order valence-corrected chi connectivity index (χ4v) is 2.31. The molecule has 1 aromatic heterocycles. The molecule has 2 N–H and O–H groups in total. The fourth-order valence-electron chi connectivity index (χ4n) is 2.31. The number of carbonyl (C=O) groups is 2. The lowest BCUT2D eigenvalue weighted by Gasteiger charge is -2.12. The van der Waals surface area contributed by atoms with Crippen LogP contribution in [0.1, 0.15) is 37.2 Å². The Morgan fingerprint density at radius 1 is 1.32 bits per heavy atom. The van der Waals surface area contributed by atoms with Crippen molar-refractivity contribution in [1.82, 2.24) is 30.8 Å². The summed E-state index contributed by atoms with van der Waals surface area (Å²) in [6, 6.07) is 9.17. The lowest BCUT2D eigenvalue weighted by molar-refractivity contribution is -0.126. The van der Waals surface area contributed by atoms with Crippen molar-refractivity contribution in [3.63, 3.8) is 0 Å². The number of amides is 2. The molecule has 3 rings (SSSR count). The molecule has 0 spiro atoms. The van der Waals surface area contributed by atoms with Crippen LogP contribution in [0.4, 0.5) is 0 Å². The molecule has 0 bridgehead atoms. The molecular weight excluding hydrogens is 320 g/mol. The molecule has 0 aliphatic heterocycles. The minimum absolute atomic E-state index is 0.238. The molecule has 1 fully saturated rings. The summed E-state index contributed by atoms with van der Waals surface area (Å²) in [7, 11) is 0. The molecule has 1 heterocycles. The minimum Gasteiger partial charge on any atom is -0.347 e. The number of nitrogens with one attached hydrogen (secondary N) is 2. The predicted molar refractivity (Wildman–Crippen MR) is 91.0 cm³/mol. The van der Waals surface area contributed by atoms with Gasteiger partial charge < -0.3 is 10.6 Å². The maximum absolute atomic E-state index is 12.1. The molecule has 2 amide bonds. The first kappa shape index (κ1) is 16.8. The Bertz CT molecular complexity index is 766. The highest BCUT2D eigenvalue weighted by molar-refractivity contribution is 5.95. The molecule has 1 atom stereocenters. The Balaban J connectivity index is 1.46. The van der Waals surface area contributed by atoms with Crippen molar-refractivity contribution in [2.24, 2.45) is 0 Å². The Labute approximate surface area is 145 Å². The molecule has 2 aromatic rings. The van der Waals surface area contributed by atoms with E-state index >= 15 is 0 Å². The molecule has 1 saturated carbocycles. The minimum atomic E-state index is -0.654. The fraction of sp³-hybridized carbons (Fsp3) is 0.353. The summed E-state index contributed by atoms with van der Waals surface area (Å²) in [6.45, 7) is 1.87. The molecule has 8 nitrogen and oxygen atoms in total. The zero-order chi connectivity index (χ0) is 17.6. The molecule has 1 aliphatic rings. The lowest BCUT2D eigenvalue weighted by Crippen LogP contribution is -2.44. The van der Waals surface area contributed by atoms with Gasteiger partial charge in [-0.3, -0.25) is 9.59 Å². The first-order valence-electron chi connectivity index (χ1n) is 8.21. The van der Waals surface area contributed by atoms with Crippen molar-refractivity contribution >= 4 is 17.9 Å². The molecule has 1 aromatic carbocycles. The first-order chi connectivity index (χ1) is 12.1. The Hall–Kier alpha value is -3.03. The van der Waals surface area contributed by atoms with E-state index < -0.39 is 6.04 Å². The van der Waals surface area contributed by atoms with Crippen LogP contribution < -0.4 is 10.6 Å². The average Bonchev–Trinajstić information content (AvgIpc) is 3.36. The van der Waals surface area contributed by atoms with Gasteiger partial charge in [0, 0.05) is 6.08 Å². The van der Waals surface area contributed by atoms with Crippen LogP contribution in [0.3, 0.4) is 0 Å². The first-order valence-corrected chi connectivity index (χ1v) is 8.21. The van der Waals surface area contributed by atoms with Crippen molar-refractivity contribution in [2.75, 3.05) is 0 Å². The quantitative estimate of drug-likeness (QED) is 0.727. The number of aromatic nitrogens is 4. The molecule has 130 valence electrons. The van der Waals surface area contributed by atoms with E-state index in [1.165, 1.54) is 6.08 Å². The molecule has 0 saturated heterocycles. The van der Waals surface area contributed by atoms with Gasteiger partial charge in [0.1, 0.15) is 6.04 Å². The Morgan fingerprint density at radius 3 is 2.80 bits per heavy atom. The molecule has 8 heteroatoms. The van der Waals surface area contributed by atoms with Crippen molar-refractivity contribution in [1.29, 1.82) is 0 Å². The zero-order valence-electron chi connectivity index (χ0n) is 13.9. The van der Waals surface area contributed by atoms with E-state index in [1.807, 2.05) is 30.3 Å². The van der Waals surface area contributed by atoms with E-state index in [0.717, 1.165) is 18.4 Å². The van der Waals surface area contributed by atoms with Gasteiger partial charge in [-0.05, 0) is 41.8 Å². The summed E-state index contributed by atoms with van der Waals surface area (Å²) in [4.78, 5) is 24.0. The van der Waals surface area contributed by atoms with E-state index in [2.05, 4.69) is 26.2 Å². The van der Waals surface area contributed by atoms with E-state index in [0.29, 0.717) is 11.9 Å². The van der Waals surface area contributed by atoms with Gasteiger partial charge in [0.05, 0.1) is 12.6 Å². The second kappa shape index (κ2) is 7.69. The highest BCUT2D eigenvalue weighted by Gasteiger charge is 2.27. The van der Waals surface area contributed by atoms with Gasteiger partial charge in [-0.25, -0.2) is 4.68 Å². The van der Waals surface area contributed by atoms with Crippen LogP contribution in [0.2, 0.25) is 0 Å². The SMILES string of the molecule is CC(NC(=O)C=Cc1ccccc1)C(=O)NCc1nnnn1C1CC1. The molecule has 0 radical (unpaired) electrons. The maximum Gasteiger partial charge on any atom is 0.244 e. The third kappa shape index (κ3) is 4.72. The molecule has 1 unspecified atom stereocenters. The van der Waals surface area contributed by atoms with Crippen LogP contribution >= 0.6 is 0 Å². The third-order valence-corrected chi connectivity index (χ3v) is 3.85. The average molecular weight is 340 g/mol. The topological polar surface area (TPSA) is 102 Å². The summed E-state index contributed by atoms with van der Waals surface area (Å²) in [5, 5.41) is 16.9. The predicted octanol–water partition coefficient (Wildman–Crippen LogP) is 0.842. The van der Waals surface area contributed by atoms with Crippen LogP contribution in [-0.2, 0) is 16.1 Å². The van der Waals surface area contributed by atoms with Crippen molar-refractivity contribution in [3.05, 3.63) is 47.8 Å². The number of benzene rings is 1. The van der Waals surface area contributed by atoms with Gasteiger partial charge in [-0.15, -0.1) is 5.10 Å². The van der Waals surface area contributed by atoms with Crippen molar-refractivity contribution in [3.8, 4) is 0 Å². The second-order valence-corrected chi connectivity index (χ2v) is 5.96. The molecule has 25 heavy (non-hydrogen) atoms. The summed E-state index contributed by atoms with van der Waals surface area (Å²) in [6.07, 6.45) is 5.23. The van der Waals surface area contributed by atoms with E-state index in [-0.39, 0.29) is 18.4 Å². The van der Waals surface area contributed by atoms with E-state index in [9.17, 15) is 9.59 Å². The van der Waals surface area contributed by atoms with Crippen LogP contribution in [-0.4, -0.2) is 38.1 Å². The van der Waals surface area contributed by atoms with Crippen LogP contribution in [0.15, 0.2) is 36.4 Å². The summed E-state index contributed by atoms with van der Waals surface area (Å²) in [5.41, 5.74) is 0.918. The van der Waals surface area contributed by atoms with Gasteiger partial charge >= 0.3 is 0 Å². The van der Waals surface area contributed by atoms with Gasteiger partial charge in [-0.2, -0.15) is 0 Å².